The van der Waals surface area contributed by atoms with Gasteiger partial charge in [-0.05, 0) is 135 Å². The van der Waals surface area contributed by atoms with Gasteiger partial charge in [-0.15, -0.1) is 0 Å². The minimum absolute atomic E-state index is 0.00832. The Balaban J connectivity index is 1.59. The van der Waals surface area contributed by atoms with Gasteiger partial charge in [0, 0.05) is 38.8 Å². The number of hydrogen-bond donors (Lipinski definition) is 13. The fourth-order valence-corrected chi connectivity index (χ4v) is 9.57. The van der Waals surface area contributed by atoms with E-state index in [1.54, 1.807) is 66.7 Å². The van der Waals surface area contributed by atoms with Crippen molar-refractivity contribution in [1.82, 2.24) is 36.8 Å². The number of carbonyl (C=O) groups excluding carboxylic acids is 10. The summed E-state index contributed by atoms with van der Waals surface area (Å²) in [5.41, 5.74) is 35.2. The molecule has 0 spiro atoms. The van der Waals surface area contributed by atoms with Crippen molar-refractivity contribution in [2.45, 2.75) is 139 Å². The minimum atomic E-state index is -1.76. The van der Waals surface area contributed by atoms with Gasteiger partial charge in [0.25, 0.3) is 0 Å². The second kappa shape index (κ2) is 34.3. The van der Waals surface area contributed by atoms with Gasteiger partial charge >= 0.3 is 0 Å². The molecule has 1 heterocycles. The Morgan fingerprint density at radius 2 is 1.24 bits per heavy atom. The normalized spacial score (nSPS) is 15.0. The summed E-state index contributed by atoms with van der Waals surface area (Å²) in [4.78, 5) is 141. The number of ether oxygens (including phenoxy) is 1. The molecule has 3 aromatic rings. The third-order valence-corrected chi connectivity index (χ3v) is 14.1. The molecule has 0 aliphatic carbocycles. The Morgan fingerprint density at radius 1 is 0.659 bits per heavy atom. The number of nitrogens with two attached hydrogens (primary N) is 6. The molecular formula is C55H77IN14O12. The molecule has 0 bridgehead atoms. The van der Waals surface area contributed by atoms with Crippen LogP contribution < -0.4 is 71.0 Å². The van der Waals surface area contributed by atoms with E-state index in [1.165, 1.54) is 11.0 Å². The first-order chi connectivity index (χ1) is 39.1. The SMILES string of the molecule is CCOc1ccc(C[C@@H](NC(=O)CCc2ccc(O)c(I)c2)C(=O)N[C@@H](Cc2ccccc2)C(=O)N[C@@H](CCC(N)=O)C(=O)N[C@@H](CC(N)=O)C(=O)N[C@@H](CCCCN)C(=O)N2CCC[C@H]2C(=O)N[C@@H](CCCN=C(N)N)C(N)=O)cc1. The fourth-order valence-electron chi connectivity index (χ4n) is 8.99. The zero-order chi connectivity index (χ0) is 60.3. The predicted molar refractivity (Wildman–Crippen MR) is 311 cm³/mol. The van der Waals surface area contributed by atoms with Crippen LogP contribution >= 0.6 is 22.6 Å². The molecule has 0 saturated carbocycles. The van der Waals surface area contributed by atoms with Crippen LogP contribution in [0.2, 0.25) is 0 Å². The smallest absolute Gasteiger partial charge is 0.245 e. The van der Waals surface area contributed by atoms with Crippen molar-refractivity contribution in [3.05, 3.63) is 93.1 Å². The molecular weight excluding hydrogens is 1180 g/mol. The molecule has 446 valence electrons. The Hall–Kier alpha value is -8.08. The van der Waals surface area contributed by atoms with E-state index in [0.717, 1.165) is 5.56 Å². The molecule has 0 radical (unpaired) electrons. The number of phenolic OH excluding ortho intramolecular Hbond substituents is 1. The highest BCUT2D eigenvalue weighted by atomic mass is 127. The molecule has 1 aliphatic heterocycles. The predicted octanol–water partition coefficient (Wildman–Crippen LogP) is -1.48. The highest BCUT2D eigenvalue weighted by molar-refractivity contribution is 14.1. The summed E-state index contributed by atoms with van der Waals surface area (Å²) < 4.78 is 6.17. The van der Waals surface area contributed by atoms with Crippen LogP contribution in [0.5, 0.6) is 11.5 Å². The largest absolute Gasteiger partial charge is 0.507 e. The Labute approximate surface area is 489 Å². The highest BCUT2D eigenvalue weighted by Gasteiger charge is 2.40. The lowest BCUT2D eigenvalue weighted by molar-refractivity contribution is -0.142. The number of phenols is 1. The van der Waals surface area contributed by atoms with E-state index in [9.17, 15) is 53.1 Å². The molecule has 10 amide bonds. The van der Waals surface area contributed by atoms with Gasteiger partial charge in [-0.3, -0.25) is 52.9 Å². The number of guanidine groups is 1. The molecule has 0 unspecified atom stereocenters. The van der Waals surface area contributed by atoms with Crippen LogP contribution in [0.25, 0.3) is 0 Å². The number of amides is 10. The van der Waals surface area contributed by atoms with Crippen molar-refractivity contribution in [1.29, 1.82) is 0 Å². The number of likely N-dealkylation sites (tertiary alicyclic amines) is 1. The summed E-state index contributed by atoms with van der Waals surface area (Å²) in [6, 6.07) is 10.8. The molecule has 1 aliphatic rings. The van der Waals surface area contributed by atoms with Crippen molar-refractivity contribution >= 4 is 87.6 Å². The lowest BCUT2D eigenvalue weighted by atomic mass is 10.0. The van der Waals surface area contributed by atoms with Crippen molar-refractivity contribution in [2.75, 3.05) is 26.2 Å². The van der Waals surface area contributed by atoms with E-state index in [4.69, 9.17) is 39.1 Å². The average Bonchev–Trinajstić information content (AvgIpc) is 4.18. The van der Waals surface area contributed by atoms with Crippen LogP contribution in [0.4, 0.5) is 0 Å². The second-order valence-electron chi connectivity index (χ2n) is 19.7. The number of rotatable bonds is 35. The van der Waals surface area contributed by atoms with Crippen LogP contribution in [0.1, 0.15) is 94.2 Å². The number of halogens is 1. The average molecular weight is 1250 g/mol. The molecule has 26 nitrogen and oxygen atoms in total. The maximum absolute atomic E-state index is 14.6. The first-order valence-electron chi connectivity index (χ1n) is 27.0. The molecule has 3 aromatic carbocycles. The Bertz CT molecular complexity index is 2710. The maximum atomic E-state index is 14.6. The number of hydrogen-bond acceptors (Lipinski definition) is 14. The Morgan fingerprint density at radius 3 is 1.85 bits per heavy atom. The monoisotopic (exact) mass is 1250 g/mol. The number of aryl methyl sites for hydroxylation is 1. The van der Waals surface area contributed by atoms with E-state index in [-0.39, 0.29) is 76.3 Å². The van der Waals surface area contributed by atoms with Crippen LogP contribution in [0.3, 0.4) is 0 Å². The molecule has 0 aromatic heterocycles. The van der Waals surface area contributed by atoms with Gasteiger partial charge in [-0.1, -0.05) is 48.5 Å². The number of nitrogens with one attached hydrogen (secondary N) is 6. The van der Waals surface area contributed by atoms with Crippen molar-refractivity contribution < 1.29 is 57.8 Å². The highest BCUT2D eigenvalue weighted by Crippen LogP contribution is 2.23. The number of aromatic hydroxyl groups is 1. The van der Waals surface area contributed by atoms with Gasteiger partial charge in [0.2, 0.25) is 59.1 Å². The number of unbranched alkanes of at least 4 members (excludes halogenated alkanes) is 1. The lowest BCUT2D eigenvalue weighted by Gasteiger charge is -2.31. The number of primary amides is 3. The third kappa shape index (κ3) is 22.8. The first-order valence-corrected chi connectivity index (χ1v) is 28.1. The fraction of sp³-hybridized carbons (Fsp3) is 0.473. The topological polar surface area (TPSA) is 444 Å². The number of aliphatic imine (C=N–C) groups is 1. The van der Waals surface area contributed by atoms with Crippen molar-refractivity contribution in [3.8, 4) is 11.5 Å². The van der Waals surface area contributed by atoms with E-state index in [1.807, 2.05) is 29.5 Å². The summed E-state index contributed by atoms with van der Waals surface area (Å²) in [6.45, 7) is 2.74. The van der Waals surface area contributed by atoms with Crippen LogP contribution in [0, 0.1) is 3.57 Å². The van der Waals surface area contributed by atoms with Crippen LogP contribution in [0.15, 0.2) is 77.8 Å². The molecule has 19 N–H and O–H groups in total. The summed E-state index contributed by atoms with van der Waals surface area (Å²) in [5, 5.41) is 25.8. The zero-order valence-electron chi connectivity index (χ0n) is 45.9. The summed E-state index contributed by atoms with van der Waals surface area (Å²) >= 11 is 1.97. The zero-order valence-corrected chi connectivity index (χ0v) is 48.0. The van der Waals surface area contributed by atoms with Gasteiger partial charge in [0.05, 0.1) is 16.6 Å². The Kier molecular flexibility index (Phi) is 27.8. The summed E-state index contributed by atoms with van der Waals surface area (Å²) in [7, 11) is 0. The van der Waals surface area contributed by atoms with Gasteiger partial charge in [0.15, 0.2) is 5.96 Å². The molecule has 7 atom stereocenters. The van der Waals surface area contributed by atoms with E-state index >= 15 is 0 Å². The quantitative estimate of drug-likeness (QED) is 0.0138. The van der Waals surface area contributed by atoms with Crippen LogP contribution in [-0.4, -0.2) is 144 Å². The lowest BCUT2D eigenvalue weighted by Crippen LogP contribution is -2.60. The molecule has 1 fully saturated rings. The minimum Gasteiger partial charge on any atom is -0.507 e. The number of nitrogens with zero attached hydrogens (tertiary/aromatic N) is 2. The van der Waals surface area contributed by atoms with Gasteiger partial charge < -0.3 is 81.0 Å². The number of benzene rings is 3. The first kappa shape index (κ1) is 66.4. The van der Waals surface area contributed by atoms with Gasteiger partial charge in [0.1, 0.15) is 53.8 Å². The van der Waals surface area contributed by atoms with Crippen molar-refractivity contribution in [2.24, 2.45) is 39.4 Å². The van der Waals surface area contributed by atoms with E-state index in [0.29, 0.717) is 52.7 Å². The maximum Gasteiger partial charge on any atom is 0.245 e. The summed E-state index contributed by atoms with van der Waals surface area (Å²) in [5.74, 6) is -7.86. The van der Waals surface area contributed by atoms with E-state index < -0.39 is 121 Å². The van der Waals surface area contributed by atoms with Gasteiger partial charge in [-0.25, -0.2) is 0 Å². The van der Waals surface area contributed by atoms with Crippen LogP contribution in [-0.2, 0) is 67.2 Å². The molecule has 82 heavy (non-hydrogen) atoms. The summed E-state index contributed by atoms with van der Waals surface area (Å²) in [6.07, 6.45) is 0.132. The van der Waals surface area contributed by atoms with Crippen molar-refractivity contribution in [3.63, 3.8) is 0 Å². The molecule has 1 saturated heterocycles. The van der Waals surface area contributed by atoms with Gasteiger partial charge in [-0.2, -0.15) is 0 Å². The van der Waals surface area contributed by atoms with E-state index in [2.05, 4.69) is 36.9 Å². The second-order valence-corrected chi connectivity index (χ2v) is 20.8. The number of carbonyl (C=O) groups is 10. The molecule has 27 heteroatoms. The third-order valence-electron chi connectivity index (χ3n) is 13.3. The standard InChI is InChI=1S/C55H77IN14O12/c1-2-82-35-19-15-34(16-20-35)30-40(64-47(74)24-18-33-17-22-44(71)36(56)28-33)50(77)68-41(29-32-10-4-3-5-11-32)51(78)66-38(21-23-45(58)72)49(76)69-42(31-46(59)73)52(79)67-39(12-6-7-25-57)54(81)70-27-9-14-43(70)53(80)65-37(48(60)75)13-8-26-63-55(61)62/h3-5,10-11,15-17,19-20,22,28,37-43,71H,2,6-9,12-14,18,21,23-27,29-31,57H2,1H3,(H2,58,72)(H2,59,73)(H2,60,75)(H,64,74)(H,65,80)(H,66,78)(H,67,79)(H,68,77)(H,69,76)(H4,61,62,63)/t37-,38-,39-,40+,41-,42-,43-/m0/s1. The molecule has 4 rings (SSSR count).